The van der Waals surface area contributed by atoms with Gasteiger partial charge >= 0.3 is 0 Å². The summed E-state index contributed by atoms with van der Waals surface area (Å²) in [7, 11) is 0. The summed E-state index contributed by atoms with van der Waals surface area (Å²) in [5, 5.41) is 3.21. The summed E-state index contributed by atoms with van der Waals surface area (Å²) in [6.45, 7) is 0.293. The molecule has 0 radical (unpaired) electrons. The third-order valence-electron chi connectivity index (χ3n) is 4.55. The predicted octanol–water partition coefficient (Wildman–Crippen LogP) is 3.58. The molecule has 1 aliphatic carbocycles. The van der Waals surface area contributed by atoms with Crippen LogP contribution >= 0.6 is 0 Å². The molecule has 1 saturated carbocycles. The molecule has 0 spiro atoms. The Kier molecular flexibility index (Phi) is 5.20. The summed E-state index contributed by atoms with van der Waals surface area (Å²) in [6, 6.07) is 6.29. The molecule has 1 aromatic carbocycles. The summed E-state index contributed by atoms with van der Waals surface area (Å²) in [6.07, 6.45) is 10.0. The van der Waals surface area contributed by atoms with Crippen LogP contribution in [0.15, 0.2) is 18.2 Å². The number of ether oxygens (including phenoxy) is 2. The van der Waals surface area contributed by atoms with Crippen molar-refractivity contribution in [1.29, 1.82) is 0 Å². The van der Waals surface area contributed by atoms with Crippen molar-refractivity contribution < 1.29 is 14.3 Å². The molecule has 1 amide bonds. The largest absolute Gasteiger partial charge is 0.454 e. The number of fused-ring (bicyclic) bond motifs is 1. The van der Waals surface area contributed by atoms with Gasteiger partial charge < -0.3 is 14.8 Å². The number of aryl methyl sites for hydroxylation is 1. The third kappa shape index (κ3) is 4.15. The predicted molar refractivity (Wildman–Crippen MR) is 85.1 cm³/mol. The summed E-state index contributed by atoms with van der Waals surface area (Å²) < 4.78 is 10.7. The van der Waals surface area contributed by atoms with Crippen LogP contribution in [0.2, 0.25) is 0 Å². The Morgan fingerprint density at radius 2 is 1.77 bits per heavy atom. The van der Waals surface area contributed by atoms with Crippen LogP contribution in [0.25, 0.3) is 0 Å². The summed E-state index contributed by atoms with van der Waals surface area (Å²) in [4.78, 5) is 12.1. The average Bonchev–Trinajstić information content (AvgIpc) is 2.95. The molecule has 1 N–H and O–H groups in total. The minimum absolute atomic E-state index is 0.170. The van der Waals surface area contributed by atoms with Gasteiger partial charge in [0.25, 0.3) is 0 Å². The smallest absolute Gasteiger partial charge is 0.231 e. The zero-order valence-corrected chi connectivity index (χ0v) is 13.1. The molecule has 1 aliphatic heterocycles. The lowest BCUT2D eigenvalue weighted by atomic mass is 9.96. The number of carbonyl (C=O) groups excluding carboxylic acids is 1. The van der Waals surface area contributed by atoms with E-state index in [0.717, 1.165) is 36.3 Å². The molecular formula is C18H25NO3. The average molecular weight is 303 g/mol. The highest BCUT2D eigenvalue weighted by Crippen LogP contribution is 2.32. The number of nitrogens with one attached hydrogen (secondary N) is 1. The van der Waals surface area contributed by atoms with Gasteiger partial charge in [0.2, 0.25) is 12.7 Å². The fourth-order valence-corrected chi connectivity index (χ4v) is 3.25. The minimum Gasteiger partial charge on any atom is -0.454 e. The van der Waals surface area contributed by atoms with Crippen LogP contribution in [-0.4, -0.2) is 18.7 Å². The lowest BCUT2D eigenvalue weighted by Gasteiger charge is -2.21. The number of rotatable bonds is 4. The maximum Gasteiger partial charge on any atom is 0.231 e. The van der Waals surface area contributed by atoms with E-state index in [1.165, 1.54) is 32.1 Å². The molecule has 22 heavy (non-hydrogen) atoms. The van der Waals surface area contributed by atoms with Gasteiger partial charge in [-0.1, -0.05) is 38.2 Å². The van der Waals surface area contributed by atoms with E-state index in [4.69, 9.17) is 9.47 Å². The molecule has 0 unspecified atom stereocenters. The molecular weight excluding hydrogens is 278 g/mol. The van der Waals surface area contributed by atoms with Crippen LogP contribution in [0.3, 0.4) is 0 Å². The number of benzene rings is 1. The Morgan fingerprint density at radius 1 is 1.05 bits per heavy atom. The maximum absolute atomic E-state index is 12.1. The molecule has 4 nitrogen and oxygen atoms in total. The lowest BCUT2D eigenvalue weighted by molar-refractivity contribution is -0.121. The summed E-state index contributed by atoms with van der Waals surface area (Å²) in [5.41, 5.74) is 1.12. The SMILES string of the molecule is O=C(CCc1ccc2c(c1)OCO2)NC1CCCCCCC1. The Balaban J connectivity index is 1.45. The van der Waals surface area contributed by atoms with Crippen molar-refractivity contribution >= 4 is 5.91 Å². The number of hydrogen-bond acceptors (Lipinski definition) is 3. The van der Waals surface area contributed by atoms with Gasteiger partial charge in [0.15, 0.2) is 11.5 Å². The van der Waals surface area contributed by atoms with Gasteiger partial charge in [-0.3, -0.25) is 4.79 Å². The van der Waals surface area contributed by atoms with E-state index in [9.17, 15) is 4.79 Å². The van der Waals surface area contributed by atoms with E-state index in [1.807, 2.05) is 18.2 Å². The second-order valence-corrected chi connectivity index (χ2v) is 6.30. The third-order valence-corrected chi connectivity index (χ3v) is 4.55. The minimum atomic E-state index is 0.170. The maximum atomic E-state index is 12.1. The van der Waals surface area contributed by atoms with Crippen molar-refractivity contribution in [1.82, 2.24) is 5.32 Å². The van der Waals surface area contributed by atoms with Gasteiger partial charge in [-0.25, -0.2) is 0 Å². The molecule has 0 bridgehead atoms. The highest BCUT2D eigenvalue weighted by molar-refractivity contribution is 5.76. The second-order valence-electron chi connectivity index (χ2n) is 6.30. The normalized spacial score (nSPS) is 18.5. The van der Waals surface area contributed by atoms with Crippen LogP contribution < -0.4 is 14.8 Å². The van der Waals surface area contributed by atoms with Crippen LogP contribution in [-0.2, 0) is 11.2 Å². The van der Waals surface area contributed by atoms with Crippen molar-refractivity contribution in [3.05, 3.63) is 23.8 Å². The molecule has 1 aromatic rings. The molecule has 120 valence electrons. The van der Waals surface area contributed by atoms with Crippen LogP contribution in [0.4, 0.5) is 0 Å². The fourth-order valence-electron chi connectivity index (χ4n) is 3.25. The first-order valence-electron chi connectivity index (χ1n) is 8.49. The molecule has 0 aromatic heterocycles. The zero-order valence-electron chi connectivity index (χ0n) is 13.1. The second kappa shape index (κ2) is 7.52. The highest BCUT2D eigenvalue weighted by Gasteiger charge is 2.16. The van der Waals surface area contributed by atoms with Gasteiger partial charge in [-0.2, -0.15) is 0 Å². The number of hydrogen-bond donors (Lipinski definition) is 1. The molecule has 2 aliphatic rings. The number of carbonyl (C=O) groups is 1. The Morgan fingerprint density at radius 3 is 2.59 bits per heavy atom. The van der Waals surface area contributed by atoms with E-state index >= 15 is 0 Å². The van der Waals surface area contributed by atoms with Crippen molar-refractivity contribution in [2.45, 2.75) is 63.8 Å². The monoisotopic (exact) mass is 303 g/mol. The van der Waals surface area contributed by atoms with E-state index in [0.29, 0.717) is 19.3 Å². The molecule has 0 saturated heterocycles. The molecule has 1 heterocycles. The Labute approximate surface area is 132 Å². The van der Waals surface area contributed by atoms with Gasteiger partial charge in [0.1, 0.15) is 0 Å². The lowest BCUT2D eigenvalue weighted by Crippen LogP contribution is -2.35. The number of amides is 1. The van der Waals surface area contributed by atoms with E-state index in [2.05, 4.69) is 5.32 Å². The van der Waals surface area contributed by atoms with E-state index in [-0.39, 0.29) is 5.91 Å². The Hall–Kier alpha value is -1.71. The zero-order chi connectivity index (χ0) is 15.2. The topological polar surface area (TPSA) is 47.6 Å². The summed E-state index contributed by atoms with van der Waals surface area (Å²) >= 11 is 0. The van der Waals surface area contributed by atoms with Gasteiger partial charge in [-0.15, -0.1) is 0 Å². The molecule has 4 heteroatoms. The Bertz CT molecular complexity index is 507. The van der Waals surface area contributed by atoms with Crippen LogP contribution in [0.1, 0.15) is 56.9 Å². The molecule has 1 fully saturated rings. The quantitative estimate of drug-likeness (QED) is 0.925. The highest BCUT2D eigenvalue weighted by atomic mass is 16.7. The van der Waals surface area contributed by atoms with Crippen molar-refractivity contribution in [2.24, 2.45) is 0 Å². The molecule has 0 atom stereocenters. The summed E-state index contributed by atoms with van der Waals surface area (Å²) in [5.74, 6) is 1.75. The first-order chi connectivity index (χ1) is 10.8. The van der Waals surface area contributed by atoms with Crippen molar-refractivity contribution in [2.75, 3.05) is 6.79 Å². The van der Waals surface area contributed by atoms with Gasteiger partial charge in [-0.05, 0) is 37.0 Å². The first-order valence-corrected chi connectivity index (χ1v) is 8.49. The van der Waals surface area contributed by atoms with E-state index < -0.39 is 0 Å². The molecule has 3 rings (SSSR count). The van der Waals surface area contributed by atoms with Crippen LogP contribution in [0, 0.1) is 0 Å². The first kappa shape index (κ1) is 15.2. The van der Waals surface area contributed by atoms with Crippen LogP contribution in [0.5, 0.6) is 11.5 Å². The van der Waals surface area contributed by atoms with Gasteiger partial charge in [0, 0.05) is 12.5 Å². The van der Waals surface area contributed by atoms with Crippen molar-refractivity contribution in [3.8, 4) is 11.5 Å². The van der Waals surface area contributed by atoms with Crippen molar-refractivity contribution in [3.63, 3.8) is 0 Å². The van der Waals surface area contributed by atoms with E-state index in [1.54, 1.807) is 0 Å². The fraction of sp³-hybridized carbons (Fsp3) is 0.611. The van der Waals surface area contributed by atoms with Gasteiger partial charge in [0.05, 0.1) is 0 Å². The standard InChI is InChI=1S/C18H25NO3/c20-18(19-15-6-4-2-1-3-5-7-15)11-9-14-8-10-16-17(12-14)22-13-21-16/h8,10,12,15H,1-7,9,11,13H2,(H,19,20).